The molecular weight excluding hydrogens is 604 g/mol. The Balaban J connectivity index is 0.000000381. The highest BCUT2D eigenvalue weighted by Crippen LogP contribution is 2.34. The molecule has 0 radical (unpaired) electrons. The minimum Gasteiger partial charge on any atom is -0.497 e. The first-order valence-corrected chi connectivity index (χ1v) is 14.7. The monoisotopic (exact) mass is 646 g/mol. The summed E-state index contributed by atoms with van der Waals surface area (Å²) in [4.78, 5) is 71.1. The van der Waals surface area contributed by atoms with Crippen molar-refractivity contribution in [2.45, 2.75) is 37.8 Å². The zero-order valence-corrected chi connectivity index (χ0v) is 25.9. The Labute approximate surface area is 266 Å². The average Bonchev–Trinajstić information content (AvgIpc) is 3.88. The van der Waals surface area contributed by atoms with Crippen LogP contribution >= 0.6 is 0 Å². The van der Waals surface area contributed by atoms with Crippen molar-refractivity contribution >= 4 is 35.7 Å². The Hall–Kier alpha value is -4.76. The van der Waals surface area contributed by atoms with Crippen LogP contribution in [0.3, 0.4) is 0 Å². The maximum absolute atomic E-state index is 13.2. The van der Waals surface area contributed by atoms with E-state index in [1.165, 1.54) is 12.8 Å². The number of ether oxygens (including phenoxy) is 1. The van der Waals surface area contributed by atoms with Gasteiger partial charge in [0.1, 0.15) is 11.8 Å². The van der Waals surface area contributed by atoms with Crippen LogP contribution in [-0.4, -0.2) is 136 Å². The normalized spacial score (nSPS) is 18.0. The first-order valence-electron chi connectivity index (χ1n) is 14.7. The maximum Gasteiger partial charge on any atom is 0.328 e. The van der Waals surface area contributed by atoms with E-state index in [0.29, 0.717) is 41.7 Å². The number of carboxylic acid groups (broad SMARTS) is 4. The molecule has 46 heavy (non-hydrogen) atoms. The summed E-state index contributed by atoms with van der Waals surface area (Å²) >= 11 is 0. The lowest BCUT2D eigenvalue weighted by Gasteiger charge is -2.42. The highest BCUT2D eigenvalue weighted by atomic mass is 16.5. The zero-order chi connectivity index (χ0) is 34.2. The van der Waals surface area contributed by atoms with Crippen LogP contribution in [0.25, 0.3) is 0 Å². The number of nitrogens with one attached hydrogen (secondary N) is 1. The molecule has 1 saturated carbocycles. The van der Waals surface area contributed by atoms with E-state index in [-0.39, 0.29) is 17.7 Å². The molecule has 15 heteroatoms. The van der Waals surface area contributed by atoms with Gasteiger partial charge in [-0.05, 0) is 76.0 Å². The van der Waals surface area contributed by atoms with E-state index >= 15 is 0 Å². The molecule has 1 aromatic rings. The molecule has 1 aromatic carbocycles. The van der Waals surface area contributed by atoms with Crippen LogP contribution in [0.5, 0.6) is 5.75 Å². The lowest BCUT2D eigenvalue weighted by molar-refractivity contribution is -0.136. The fourth-order valence-corrected chi connectivity index (χ4v) is 4.93. The van der Waals surface area contributed by atoms with Gasteiger partial charge in [-0.3, -0.25) is 14.5 Å². The number of hydrogen-bond donors (Lipinski definition) is 5. The van der Waals surface area contributed by atoms with Crippen molar-refractivity contribution in [2.24, 2.45) is 5.92 Å². The molecule has 252 valence electrons. The van der Waals surface area contributed by atoms with Gasteiger partial charge in [-0.15, -0.1) is 0 Å². The Morgan fingerprint density at radius 3 is 1.59 bits per heavy atom. The van der Waals surface area contributed by atoms with E-state index in [9.17, 15) is 28.8 Å². The second-order valence-corrected chi connectivity index (χ2v) is 10.9. The number of benzene rings is 1. The highest BCUT2D eigenvalue weighted by molar-refractivity contribution is 5.98. The molecule has 2 heterocycles. The van der Waals surface area contributed by atoms with Crippen molar-refractivity contribution in [1.82, 2.24) is 20.0 Å². The molecule has 4 rings (SSSR count). The molecule has 2 aliphatic heterocycles. The molecule has 0 bridgehead atoms. The van der Waals surface area contributed by atoms with Crippen molar-refractivity contribution in [3.05, 3.63) is 54.1 Å². The maximum atomic E-state index is 13.2. The molecule has 0 aromatic heterocycles. The molecule has 2 saturated heterocycles. The Morgan fingerprint density at radius 2 is 1.20 bits per heavy atom. The minimum absolute atomic E-state index is 0.0855. The summed E-state index contributed by atoms with van der Waals surface area (Å²) in [5.74, 6) is -4.15. The van der Waals surface area contributed by atoms with E-state index in [2.05, 4.69) is 22.2 Å². The third-order valence-electron chi connectivity index (χ3n) is 7.57. The highest BCUT2D eigenvalue weighted by Gasteiger charge is 2.40. The molecule has 5 N–H and O–H groups in total. The molecule has 3 aliphatic rings. The molecule has 0 spiro atoms. The first kappa shape index (κ1) is 37.4. The smallest absolute Gasteiger partial charge is 0.328 e. The number of aliphatic carboxylic acids is 4. The number of carbonyl (C=O) groups is 6. The van der Waals surface area contributed by atoms with Crippen LogP contribution in [-0.2, 0) is 24.0 Å². The molecule has 2 amide bonds. The van der Waals surface area contributed by atoms with Crippen molar-refractivity contribution in [3.8, 4) is 5.75 Å². The van der Waals surface area contributed by atoms with E-state index in [1.807, 2.05) is 4.90 Å². The average molecular weight is 647 g/mol. The van der Waals surface area contributed by atoms with E-state index < -0.39 is 29.9 Å². The van der Waals surface area contributed by atoms with E-state index in [0.717, 1.165) is 52.1 Å². The number of piperidine rings is 1. The molecule has 1 aliphatic carbocycles. The Bertz CT molecular complexity index is 1200. The van der Waals surface area contributed by atoms with Crippen molar-refractivity contribution < 1.29 is 53.9 Å². The quantitative estimate of drug-likeness (QED) is 0.223. The van der Waals surface area contributed by atoms with Crippen LogP contribution in [0.1, 0.15) is 36.0 Å². The topological polar surface area (TPSA) is 214 Å². The van der Waals surface area contributed by atoms with Crippen LogP contribution in [0.2, 0.25) is 0 Å². The SMILES string of the molecule is COc1ccc(C(=O)N[C@@H](C(=O)N2CCN(C3CCN(C)CC3)CC2)C2CC2)cc1.O=C(O)/C=C/C(=O)O.O=C(O)/C=C/C(=O)O. The third-order valence-corrected chi connectivity index (χ3v) is 7.57. The lowest BCUT2D eigenvalue weighted by atomic mass is 10.0. The number of carbonyl (C=O) groups excluding carboxylic acids is 2. The number of methoxy groups -OCH3 is 1. The summed E-state index contributed by atoms with van der Waals surface area (Å²) in [6.07, 6.45) is 6.68. The summed E-state index contributed by atoms with van der Waals surface area (Å²) in [5.41, 5.74) is 0.557. The zero-order valence-electron chi connectivity index (χ0n) is 25.9. The van der Waals surface area contributed by atoms with Gasteiger partial charge in [0.05, 0.1) is 7.11 Å². The number of piperazine rings is 1. The van der Waals surface area contributed by atoms with Gasteiger partial charge in [-0.25, -0.2) is 19.2 Å². The number of nitrogens with zero attached hydrogens (tertiary/aromatic N) is 3. The number of likely N-dealkylation sites (tertiary alicyclic amines) is 1. The predicted octanol–water partition coefficient (Wildman–Crippen LogP) is 0.866. The van der Waals surface area contributed by atoms with Gasteiger partial charge in [0.2, 0.25) is 5.91 Å². The van der Waals surface area contributed by atoms with Crippen LogP contribution < -0.4 is 10.1 Å². The van der Waals surface area contributed by atoms with E-state index in [4.69, 9.17) is 25.2 Å². The third kappa shape index (κ3) is 13.9. The number of rotatable bonds is 10. The number of hydrogen-bond acceptors (Lipinski definition) is 9. The fraction of sp³-hybridized carbons (Fsp3) is 0.484. The van der Waals surface area contributed by atoms with Crippen LogP contribution in [0.15, 0.2) is 48.6 Å². The minimum atomic E-state index is -1.26. The summed E-state index contributed by atoms with van der Waals surface area (Å²) in [7, 11) is 3.79. The first-order chi connectivity index (χ1) is 21.8. The number of amides is 2. The van der Waals surface area contributed by atoms with Gasteiger partial charge in [0.15, 0.2) is 0 Å². The summed E-state index contributed by atoms with van der Waals surface area (Å²) < 4.78 is 5.15. The molecule has 3 fully saturated rings. The van der Waals surface area contributed by atoms with Gasteiger partial charge in [0.25, 0.3) is 5.91 Å². The van der Waals surface area contributed by atoms with Crippen molar-refractivity contribution in [3.63, 3.8) is 0 Å². The standard InChI is InChI=1S/C23H34N4O3.2C4H4O4/c1-25-11-9-19(10-12-25)26-13-15-27(16-14-26)23(29)21(17-3-4-17)24-22(28)18-5-7-20(30-2)8-6-18;2*5-3(6)1-2-4(7)8/h5-8,17,19,21H,3-4,9-16H2,1-2H3,(H,24,28);2*1-2H,(H,5,6)(H,7,8)/b;2*2-1+/t21-;;/m1../s1. The van der Waals surface area contributed by atoms with Crippen molar-refractivity contribution in [1.29, 1.82) is 0 Å². The number of carboxylic acids is 4. The molecule has 1 atom stereocenters. The van der Waals surface area contributed by atoms with Gasteiger partial charge < -0.3 is 40.3 Å². The largest absolute Gasteiger partial charge is 0.497 e. The summed E-state index contributed by atoms with van der Waals surface area (Å²) in [6.45, 7) is 5.70. The van der Waals surface area contributed by atoms with Gasteiger partial charge in [0, 0.05) is 62.1 Å². The lowest BCUT2D eigenvalue weighted by Crippen LogP contribution is -2.58. The van der Waals surface area contributed by atoms with Crippen molar-refractivity contribution in [2.75, 3.05) is 53.4 Å². The predicted molar refractivity (Wildman–Crippen MR) is 164 cm³/mol. The van der Waals surface area contributed by atoms with E-state index in [1.54, 1.807) is 31.4 Å². The van der Waals surface area contributed by atoms with Crippen LogP contribution in [0, 0.1) is 5.92 Å². The van der Waals surface area contributed by atoms with Gasteiger partial charge in [-0.1, -0.05) is 0 Å². The fourth-order valence-electron chi connectivity index (χ4n) is 4.93. The summed E-state index contributed by atoms with van der Waals surface area (Å²) in [5, 5.41) is 34.3. The van der Waals surface area contributed by atoms with Gasteiger partial charge in [-0.2, -0.15) is 0 Å². The second-order valence-electron chi connectivity index (χ2n) is 10.9. The van der Waals surface area contributed by atoms with Gasteiger partial charge >= 0.3 is 23.9 Å². The summed E-state index contributed by atoms with van der Waals surface area (Å²) in [6, 6.07) is 7.25. The molecule has 15 nitrogen and oxygen atoms in total. The molecular formula is C31H42N4O11. The molecule has 0 unspecified atom stereocenters. The Kier molecular flexibility index (Phi) is 15.4. The second kappa shape index (κ2) is 18.9. The van der Waals surface area contributed by atoms with Crippen LogP contribution in [0.4, 0.5) is 0 Å². The Morgan fingerprint density at radius 1 is 0.739 bits per heavy atom.